The molecule has 202 valence electrons. The first-order chi connectivity index (χ1) is 17.4. The Labute approximate surface area is 224 Å². The van der Waals surface area contributed by atoms with Crippen LogP contribution in [-0.2, 0) is 40.7 Å². The van der Waals surface area contributed by atoms with E-state index in [-0.39, 0.29) is 16.2 Å². The maximum absolute atomic E-state index is 5.82. The predicted molar refractivity (Wildman–Crippen MR) is 151 cm³/mol. The van der Waals surface area contributed by atoms with Crippen LogP contribution in [0.2, 0.25) is 0 Å². The molecule has 3 aromatic heterocycles. The Morgan fingerprint density at radius 2 is 1.65 bits per heavy atom. The summed E-state index contributed by atoms with van der Waals surface area (Å²) in [6.45, 7) is 21.4. The van der Waals surface area contributed by atoms with Crippen LogP contribution in [0.25, 0.3) is 0 Å². The lowest BCUT2D eigenvalue weighted by atomic mass is 9.79. The monoisotopic (exact) mass is 504 g/mol. The summed E-state index contributed by atoms with van der Waals surface area (Å²) in [4.78, 5) is 0. The van der Waals surface area contributed by atoms with Gasteiger partial charge in [-0.15, -0.1) is 0 Å². The van der Waals surface area contributed by atoms with Crippen LogP contribution >= 0.6 is 0 Å². The van der Waals surface area contributed by atoms with Gasteiger partial charge >= 0.3 is 0 Å². The van der Waals surface area contributed by atoms with Gasteiger partial charge in [-0.1, -0.05) is 48.5 Å². The molecule has 1 aliphatic heterocycles. The first-order valence-corrected chi connectivity index (χ1v) is 14.4. The van der Waals surface area contributed by atoms with E-state index in [4.69, 9.17) is 9.15 Å². The number of fused-ring (bicyclic) bond motifs is 1. The Morgan fingerprint density at radius 3 is 2.41 bits per heavy atom. The van der Waals surface area contributed by atoms with Crippen LogP contribution in [-0.4, -0.2) is 9.13 Å². The Hall–Kier alpha value is -2.20. The Kier molecular flexibility index (Phi) is 6.80. The second kappa shape index (κ2) is 9.52. The van der Waals surface area contributed by atoms with Gasteiger partial charge in [0.15, 0.2) is 0 Å². The molecule has 0 bridgehead atoms. The number of furan rings is 1. The van der Waals surface area contributed by atoms with Gasteiger partial charge in [0.2, 0.25) is 0 Å². The maximum Gasteiger partial charge on any atom is 0.135 e. The molecule has 0 spiro atoms. The molecule has 0 N–H and O–H groups in total. The van der Waals surface area contributed by atoms with Crippen LogP contribution < -0.4 is 0 Å². The normalized spacial score (nSPS) is 20.9. The number of hydrogen-bond donors (Lipinski definition) is 0. The van der Waals surface area contributed by atoms with Gasteiger partial charge in [-0.2, -0.15) is 0 Å². The SMILES string of the molecule is CC(CCC(C)(C)c1cccn1CC1CC1CC(C)(C)c1coc2c1COC2)n1cccc1C(C)(C)C. The molecule has 1 aliphatic carbocycles. The minimum atomic E-state index is 0.128. The molecular formula is C33H48N2O2. The molecule has 3 aromatic rings. The van der Waals surface area contributed by atoms with Gasteiger partial charge in [0.05, 0.1) is 12.9 Å². The molecule has 0 amide bonds. The molecule has 0 saturated heterocycles. The third-order valence-electron chi connectivity index (χ3n) is 9.19. The predicted octanol–water partition coefficient (Wildman–Crippen LogP) is 8.53. The van der Waals surface area contributed by atoms with Gasteiger partial charge in [0.1, 0.15) is 12.4 Å². The molecule has 3 atom stereocenters. The summed E-state index contributed by atoms with van der Waals surface area (Å²) in [7, 11) is 0. The van der Waals surface area contributed by atoms with E-state index in [1.807, 2.05) is 6.26 Å². The van der Waals surface area contributed by atoms with Crippen molar-refractivity contribution in [1.82, 2.24) is 9.13 Å². The summed E-state index contributed by atoms with van der Waals surface area (Å²) in [5.74, 6) is 2.59. The van der Waals surface area contributed by atoms with Crippen molar-refractivity contribution in [3.63, 3.8) is 0 Å². The third-order valence-corrected chi connectivity index (χ3v) is 9.19. The molecule has 5 rings (SSSR count). The van der Waals surface area contributed by atoms with E-state index in [0.717, 1.165) is 24.1 Å². The molecule has 4 heteroatoms. The van der Waals surface area contributed by atoms with Gasteiger partial charge in [0.25, 0.3) is 0 Å². The van der Waals surface area contributed by atoms with Crippen molar-refractivity contribution < 1.29 is 9.15 Å². The highest BCUT2D eigenvalue weighted by atomic mass is 16.5. The smallest absolute Gasteiger partial charge is 0.135 e. The molecule has 3 unspecified atom stereocenters. The van der Waals surface area contributed by atoms with Crippen molar-refractivity contribution in [2.75, 3.05) is 0 Å². The van der Waals surface area contributed by atoms with Crippen LogP contribution in [0.15, 0.2) is 47.3 Å². The third kappa shape index (κ3) is 5.37. The van der Waals surface area contributed by atoms with E-state index in [1.54, 1.807) is 0 Å². The van der Waals surface area contributed by atoms with Crippen LogP contribution in [0.3, 0.4) is 0 Å². The van der Waals surface area contributed by atoms with Crippen LogP contribution in [0, 0.1) is 11.8 Å². The molecule has 0 aromatic carbocycles. The molecule has 0 radical (unpaired) electrons. The van der Waals surface area contributed by atoms with Gasteiger partial charge in [-0.05, 0) is 74.1 Å². The number of ether oxygens (including phenoxy) is 1. The number of nitrogens with zero attached hydrogens (tertiary/aromatic N) is 2. The highest BCUT2D eigenvalue weighted by Gasteiger charge is 2.43. The van der Waals surface area contributed by atoms with E-state index in [1.165, 1.54) is 48.2 Å². The van der Waals surface area contributed by atoms with E-state index < -0.39 is 0 Å². The lowest BCUT2D eigenvalue weighted by molar-refractivity contribution is 0.122. The molecular weight excluding hydrogens is 456 g/mol. The van der Waals surface area contributed by atoms with E-state index in [9.17, 15) is 0 Å². The topological polar surface area (TPSA) is 32.2 Å². The van der Waals surface area contributed by atoms with Gasteiger partial charge in [0, 0.05) is 58.3 Å². The largest absolute Gasteiger partial charge is 0.466 e. The van der Waals surface area contributed by atoms with Crippen molar-refractivity contribution in [1.29, 1.82) is 0 Å². The van der Waals surface area contributed by atoms with E-state index in [2.05, 4.69) is 101 Å². The van der Waals surface area contributed by atoms with E-state index in [0.29, 0.717) is 19.3 Å². The molecule has 1 fully saturated rings. The molecule has 2 aliphatic rings. The lowest BCUT2D eigenvalue weighted by Crippen LogP contribution is -2.25. The number of rotatable bonds is 10. The Morgan fingerprint density at radius 1 is 0.919 bits per heavy atom. The maximum atomic E-state index is 5.82. The van der Waals surface area contributed by atoms with Crippen LogP contribution in [0.4, 0.5) is 0 Å². The summed E-state index contributed by atoms with van der Waals surface area (Å²) in [5, 5.41) is 0. The van der Waals surface area contributed by atoms with Gasteiger partial charge in [-0.25, -0.2) is 0 Å². The first kappa shape index (κ1) is 26.4. The summed E-state index contributed by atoms with van der Waals surface area (Å²) < 4.78 is 16.5. The zero-order valence-electron chi connectivity index (χ0n) is 24.4. The van der Waals surface area contributed by atoms with E-state index >= 15 is 0 Å². The minimum Gasteiger partial charge on any atom is -0.466 e. The summed E-state index contributed by atoms with van der Waals surface area (Å²) in [6, 6.07) is 9.59. The lowest BCUT2D eigenvalue weighted by Gasteiger charge is -2.30. The van der Waals surface area contributed by atoms with Crippen molar-refractivity contribution >= 4 is 0 Å². The average molecular weight is 505 g/mol. The minimum absolute atomic E-state index is 0.128. The second-order valence-electron chi connectivity index (χ2n) is 14.3. The zero-order valence-corrected chi connectivity index (χ0v) is 24.4. The molecule has 1 saturated carbocycles. The number of hydrogen-bond acceptors (Lipinski definition) is 2. The van der Waals surface area contributed by atoms with Gasteiger partial charge < -0.3 is 18.3 Å². The summed E-state index contributed by atoms with van der Waals surface area (Å²) in [6.07, 6.45) is 11.5. The second-order valence-corrected chi connectivity index (χ2v) is 14.3. The molecule has 4 heterocycles. The van der Waals surface area contributed by atoms with Crippen molar-refractivity contribution in [2.24, 2.45) is 11.8 Å². The summed E-state index contributed by atoms with van der Waals surface area (Å²) in [5.41, 5.74) is 6.02. The quantitative estimate of drug-likeness (QED) is 0.277. The molecule has 37 heavy (non-hydrogen) atoms. The number of aromatic nitrogens is 2. The Bertz CT molecular complexity index is 1220. The fourth-order valence-corrected chi connectivity index (χ4v) is 6.76. The van der Waals surface area contributed by atoms with Crippen molar-refractivity contribution in [3.8, 4) is 0 Å². The van der Waals surface area contributed by atoms with Crippen molar-refractivity contribution in [3.05, 3.63) is 71.2 Å². The fourth-order valence-electron chi connectivity index (χ4n) is 6.76. The molecule has 4 nitrogen and oxygen atoms in total. The standard InChI is InChI=1S/C33H48N2O2/c1-23(35-16-10-11-29(35)31(2,3)4)13-14-32(5,6)30-12-9-15-34(30)19-25-17-24(25)18-33(7,8)27-21-37-28-22-36-20-26(27)28/h9-12,15-16,21,23-25H,13-14,17-20,22H2,1-8H3. The van der Waals surface area contributed by atoms with Crippen molar-refractivity contribution in [2.45, 2.75) is 123 Å². The highest BCUT2D eigenvalue weighted by molar-refractivity contribution is 5.35. The summed E-state index contributed by atoms with van der Waals surface area (Å²) >= 11 is 0. The Balaban J connectivity index is 1.19. The first-order valence-electron chi connectivity index (χ1n) is 14.4. The van der Waals surface area contributed by atoms with Crippen LogP contribution in [0.5, 0.6) is 0 Å². The van der Waals surface area contributed by atoms with Crippen LogP contribution in [0.1, 0.15) is 115 Å². The fraction of sp³-hybridized carbons (Fsp3) is 0.636. The highest BCUT2D eigenvalue weighted by Crippen LogP contribution is 2.49. The average Bonchev–Trinajstić information content (AvgIpc) is 3.36. The zero-order chi connectivity index (χ0) is 26.6. The van der Waals surface area contributed by atoms with Gasteiger partial charge in [-0.3, -0.25) is 0 Å².